The number of ether oxygens (including phenoxy) is 2. The summed E-state index contributed by atoms with van der Waals surface area (Å²) < 4.78 is 10.6. The molecule has 0 saturated heterocycles. The standard InChI is InChI=1S/C14H20N2O3/c1-3-11(15)14(17)16(4-2)8-10-5-6-12-13(7-10)19-9-18-12/h5-7,11H,3-4,8-9,15H2,1-2H3/t11-/m1/s1. The van der Waals surface area contributed by atoms with Crippen LogP contribution in [0.3, 0.4) is 0 Å². The lowest BCUT2D eigenvalue weighted by molar-refractivity contribution is -0.133. The van der Waals surface area contributed by atoms with Crippen molar-refractivity contribution in [1.82, 2.24) is 4.90 Å². The number of hydrogen-bond acceptors (Lipinski definition) is 4. The van der Waals surface area contributed by atoms with E-state index in [1.165, 1.54) is 0 Å². The molecular formula is C14H20N2O3. The molecule has 5 nitrogen and oxygen atoms in total. The number of hydrogen-bond donors (Lipinski definition) is 1. The molecule has 1 atom stereocenters. The lowest BCUT2D eigenvalue weighted by Gasteiger charge is -2.24. The number of carbonyl (C=O) groups excluding carboxylic acids is 1. The van der Waals surface area contributed by atoms with E-state index in [1.807, 2.05) is 32.0 Å². The van der Waals surface area contributed by atoms with Crippen molar-refractivity contribution in [3.05, 3.63) is 23.8 Å². The highest BCUT2D eigenvalue weighted by Crippen LogP contribution is 2.32. The number of nitrogens with zero attached hydrogens (tertiary/aromatic N) is 1. The molecule has 19 heavy (non-hydrogen) atoms. The van der Waals surface area contributed by atoms with Crippen LogP contribution in [0.4, 0.5) is 0 Å². The van der Waals surface area contributed by atoms with Crippen LogP contribution in [0.25, 0.3) is 0 Å². The molecule has 0 radical (unpaired) electrons. The first-order valence-corrected chi connectivity index (χ1v) is 6.58. The van der Waals surface area contributed by atoms with Crippen LogP contribution < -0.4 is 15.2 Å². The molecule has 0 spiro atoms. The van der Waals surface area contributed by atoms with Crippen LogP contribution in [0.15, 0.2) is 18.2 Å². The fourth-order valence-electron chi connectivity index (χ4n) is 2.01. The number of fused-ring (bicyclic) bond motifs is 1. The Hall–Kier alpha value is -1.75. The number of nitrogens with two attached hydrogens (primary N) is 1. The van der Waals surface area contributed by atoms with Crippen molar-refractivity contribution in [3.8, 4) is 11.5 Å². The third-order valence-corrected chi connectivity index (χ3v) is 3.26. The van der Waals surface area contributed by atoms with Gasteiger partial charge in [-0.25, -0.2) is 0 Å². The van der Waals surface area contributed by atoms with Crippen molar-refractivity contribution in [2.24, 2.45) is 5.73 Å². The summed E-state index contributed by atoms with van der Waals surface area (Å²) in [5, 5.41) is 0. The summed E-state index contributed by atoms with van der Waals surface area (Å²) in [6.07, 6.45) is 0.649. The Morgan fingerprint density at radius 1 is 1.37 bits per heavy atom. The van der Waals surface area contributed by atoms with E-state index in [9.17, 15) is 4.79 Å². The Balaban J connectivity index is 2.08. The van der Waals surface area contributed by atoms with E-state index in [0.717, 1.165) is 17.1 Å². The van der Waals surface area contributed by atoms with E-state index in [-0.39, 0.29) is 12.7 Å². The van der Waals surface area contributed by atoms with Crippen LogP contribution in [0, 0.1) is 0 Å². The van der Waals surface area contributed by atoms with Gasteiger partial charge in [0.1, 0.15) is 0 Å². The van der Waals surface area contributed by atoms with Crippen LogP contribution in [0.2, 0.25) is 0 Å². The second-order valence-electron chi connectivity index (χ2n) is 4.55. The van der Waals surface area contributed by atoms with Gasteiger partial charge in [0.15, 0.2) is 11.5 Å². The minimum atomic E-state index is -0.422. The highest BCUT2D eigenvalue weighted by atomic mass is 16.7. The Morgan fingerprint density at radius 2 is 2.11 bits per heavy atom. The summed E-state index contributed by atoms with van der Waals surface area (Å²) >= 11 is 0. The van der Waals surface area contributed by atoms with Gasteiger partial charge in [0, 0.05) is 13.1 Å². The molecule has 1 heterocycles. The molecule has 1 aliphatic heterocycles. The molecule has 0 fully saturated rings. The Labute approximate surface area is 113 Å². The van der Waals surface area contributed by atoms with E-state index >= 15 is 0 Å². The zero-order valence-electron chi connectivity index (χ0n) is 11.4. The normalized spacial score (nSPS) is 14.3. The summed E-state index contributed by atoms with van der Waals surface area (Å²) in [4.78, 5) is 13.8. The van der Waals surface area contributed by atoms with Gasteiger partial charge in [-0.2, -0.15) is 0 Å². The van der Waals surface area contributed by atoms with Crippen molar-refractivity contribution in [2.45, 2.75) is 32.9 Å². The molecule has 1 amide bonds. The average Bonchev–Trinajstić information content (AvgIpc) is 2.90. The number of amides is 1. The molecule has 2 N–H and O–H groups in total. The maximum atomic E-state index is 12.1. The molecule has 5 heteroatoms. The summed E-state index contributed by atoms with van der Waals surface area (Å²) in [5.74, 6) is 1.48. The first kappa shape index (κ1) is 13.7. The van der Waals surface area contributed by atoms with Gasteiger partial charge >= 0.3 is 0 Å². The van der Waals surface area contributed by atoms with Gasteiger partial charge in [0.25, 0.3) is 0 Å². The lowest BCUT2D eigenvalue weighted by Crippen LogP contribution is -2.42. The highest BCUT2D eigenvalue weighted by molar-refractivity contribution is 5.81. The van der Waals surface area contributed by atoms with E-state index in [2.05, 4.69) is 0 Å². The predicted molar refractivity (Wildman–Crippen MR) is 71.9 cm³/mol. The van der Waals surface area contributed by atoms with Crippen LogP contribution in [-0.2, 0) is 11.3 Å². The largest absolute Gasteiger partial charge is 0.454 e. The second kappa shape index (κ2) is 5.93. The van der Waals surface area contributed by atoms with Crippen molar-refractivity contribution in [3.63, 3.8) is 0 Å². The monoisotopic (exact) mass is 264 g/mol. The smallest absolute Gasteiger partial charge is 0.239 e. The van der Waals surface area contributed by atoms with Crippen molar-refractivity contribution >= 4 is 5.91 Å². The van der Waals surface area contributed by atoms with Gasteiger partial charge in [0.05, 0.1) is 6.04 Å². The summed E-state index contributed by atoms with van der Waals surface area (Å²) in [6.45, 7) is 5.31. The van der Waals surface area contributed by atoms with Crippen LogP contribution in [-0.4, -0.2) is 30.2 Å². The molecule has 1 aromatic rings. The lowest BCUT2D eigenvalue weighted by atomic mass is 10.1. The molecule has 1 aliphatic rings. The quantitative estimate of drug-likeness (QED) is 0.875. The van der Waals surface area contributed by atoms with Gasteiger partial charge < -0.3 is 20.1 Å². The summed E-state index contributed by atoms with van der Waals surface area (Å²) in [5.41, 5.74) is 6.82. The average molecular weight is 264 g/mol. The number of likely N-dealkylation sites (N-methyl/N-ethyl adjacent to an activating group) is 1. The van der Waals surface area contributed by atoms with Gasteiger partial charge in [-0.05, 0) is 31.0 Å². The Bertz CT molecular complexity index is 462. The molecule has 0 aliphatic carbocycles. The number of carbonyl (C=O) groups is 1. The number of benzene rings is 1. The molecule has 2 rings (SSSR count). The van der Waals surface area contributed by atoms with Crippen molar-refractivity contribution < 1.29 is 14.3 Å². The topological polar surface area (TPSA) is 64.8 Å². The first-order valence-electron chi connectivity index (χ1n) is 6.58. The predicted octanol–water partition coefficient (Wildman–Crippen LogP) is 1.50. The third-order valence-electron chi connectivity index (χ3n) is 3.26. The van der Waals surface area contributed by atoms with E-state index in [0.29, 0.717) is 19.5 Å². The summed E-state index contributed by atoms with van der Waals surface area (Å²) in [7, 11) is 0. The van der Waals surface area contributed by atoms with Gasteiger partial charge in [0.2, 0.25) is 12.7 Å². The second-order valence-corrected chi connectivity index (χ2v) is 4.55. The Morgan fingerprint density at radius 3 is 2.79 bits per heavy atom. The van der Waals surface area contributed by atoms with Gasteiger partial charge in [-0.3, -0.25) is 4.79 Å². The maximum Gasteiger partial charge on any atom is 0.239 e. The van der Waals surface area contributed by atoms with Gasteiger partial charge in [-0.1, -0.05) is 13.0 Å². The fraction of sp³-hybridized carbons (Fsp3) is 0.500. The fourth-order valence-corrected chi connectivity index (χ4v) is 2.01. The molecule has 0 saturated carbocycles. The minimum Gasteiger partial charge on any atom is -0.454 e. The minimum absolute atomic E-state index is 0.0114. The molecule has 0 unspecified atom stereocenters. The maximum absolute atomic E-state index is 12.1. The van der Waals surface area contributed by atoms with Crippen molar-refractivity contribution in [1.29, 1.82) is 0 Å². The summed E-state index contributed by atoms with van der Waals surface area (Å²) in [6, 6.07) is 5.31. The van der Waals surface area contributed by atoms with Crippen molar-refractivity contribution in [2.75, 3.05) is 13.3 Å². The van der Waals surface area contributed by atoms with E-state index < -0.39 is 6.04 Å². The molecule has 104 valence electrons. The first-order chi connectivity index (χ1) is 9.15. The third kappa shape index (κ3) is 2.98. The zero-order valence-corrected chi connectivity index (χ0v) is 11.4. The highest BCUT2D eigenvalue weighted by Gasteiger charge is 2.20. The SMILES string of the molecule is CC[C@@H](N)C(=O)N(CC)Cc1ccc2c(c1)OCO2. The molecular weight excluding hydrogens is 244 g/mol. The molecule has 0 bridgehead atoms. The van der Waals surface area contributed by atoms with E-state index in [4.69, 9.17) is 15.2 Å². The van der Waals surface area contributed by atoms with Crippen LogP contribution >= 0.6 is 0 Å². The Kier molecular flexibility index (Phi) is 4.27. The molecule has 0 aromatic heterocycles. The van der Waals surface area contributed by atoms with Crippen LogP contribution in [0.5, 0.6) is 11.5 Å². The number of rotatable bonds is 5. The van der Waals surface area contributed by atoms with Gasteiger partial charge in [-0.15, -0.1) is 0 Å². The van der Waals surface area contributed by atoms with Crippen LogP contribution in [0.1, 0.15) is 25.8 Å². The zero-order chi connectivity index (χ0) is 13.8. The molecule has 1 aromatic carbocycles. The van der Waals surface area contributed by atoms with E-state index in [1.54, 1.807) is 4.90 Å².